The summed E-state index contributed by atoms with van der Waals surface area (Å²) in [6, 6.07) is 4.06. The maximum atomic E-state index is 11.4. The van der Waals surface area contributed by atoms with E-state index in [9.17, 15) is 8.42 Å². The average molecular weight is 230 g/mol. The molecule has 1 aromatic carbocycles. The van der Waals surface area contributed by atoms with Crippen molar-refractivity contribution >= 4 is 22.5 Å². The van der Waals surface area contributed by atoms with Crippen LogP contribution in [0.25, 0.3) is 0 Å². The van der Waals surface area contributed by atoms with E-state index in [1.165, 1.54) is 18.2 Å². The second-order valence-corrected chi connectivity index (χ2v) is 4.18. The molecule has 0 unspecified atom stereocenters. The van der Waals surface area contributed by atoms with Gasteiger partial charge in [0.1, 0.15) is 4.90 Å². The Kier molecular flexibility index (Phi) is 3.28. The molecule has 0 aliphatic rings. The largest absolute Gasteiger partial charge is 0.399 e. The zero-order valence-corrected chi connectivity index (χ0v) is 8.57. The quantitative estimate of drug-likeness (QED) is 0.433. The van der Waals surface area contributed by atoms with Crippen molar-refractivity contribution in [1.29, 1.82) is 0 Å². The van der Waals surface area contributed by atoms with E-state index >= 15 is 0 Å². The van der Waals surface area contributed by atoms with Gasteiger partial charge in [-0.3, -0.25) is 4.28 Å². The highest BCUT2D eigenvalue weighted by Gasteiger charge is 2.20. The van der Waals surface area contributed by atoms with Gasteiger partial charge in [-0.25, -0.2) is 0 Å². The fourth-order valence-corrected chi connectivity index (χ4v) is 2.00. The molecule has 6 nitrogen and oxygen atoms in total. The highest BCUT2D eigenvalue weighted by atomic mass is 32.2. The maximum Gasteiger partial charge on any atom is 0.358 e. The molecule has 7 heteroatoms. The smallest absolute Gasteiger partial charge is 0.358 e. The summed E-state index contributed by atoms with van der Waals surface area (Å²) < 4.78 is 27.0. The minimum atomic E-state index is -4.04. The summed E-state index contributed by atoms with van der Waals surface area (Å²) >= 11 is 0. The lowest BCUT2D eigenvalue weighted by Gasteiger charge is -2.06. The molecular weight excluding hydrogens is 220 g/mol. The summed E-state index contributed by atoms with van der Waals surface area (Å²) in [7, 11) is -4.04. The number of anilines is 1. The number of oxime groups is 1. The van der Waals surface area contributed by atoms with Crippen molar-refractivity contribution in [1.82, 2.24) is 0 Å². The number of nitrogens with two attached hydrogens (primary N) is 1. The van der Waals surface area contributed by atoms with E-state index in [1.807, 2.05) is 0 Å². The highest BCUT2D eigenvalue weighted by Crippen LogP contribution is 2.21. The third-order valence-corrected chi connectivity index (χ3v) is 2.90. The van der Waals surface area contributed by atoms with Crippen molar-refractivity contribution in [2.24, 2.45) is 5.16 Å². The van der Waals surface area contributed by atoms with Crippen LogP contribution in [0.15, 0.2) is 28.3 Å². The van der Waals surface area contributed by atoms with Gasteiger partial charge in [0.15, 0.2) is 0 Å². The predicted molar refractivity (Wildman–Crippen MR) is 54.6 cm³/mol. The van der Waals surface area contributed by atoms with Gasteiger partial charge in [-0.05, 0) is 17.7 Å². The zero-order chi connectivity index (χ0) is 11.5. The van der Waals surface area contributed by atoms with Crippen LogP contribution in [-0.4, -0.2) is 20.2 Å². The van der Waals surface area contributed by atoms with Crippen molar-refractivity contribution in [3.63, 3.8) is 0 Å². The molecule has 0 radical (unpaired) electrons. The molecule has 82 valence electrons. The molecule has 0 amide bonds. The monoisotopic (exact) mass is 230 g/mol. The van der Waals surface area contributed by atoms with Crippen molar-refractivity contribution in [2.75, 3.05) is 5.73 Å². The van der Waals surface area contributed by atoms with Crippen LogP contribution in [0.5, 0.6) is 0 Å². The molecule has 0 aliphatic carbocycles. The molecule has 1 aromatic rings. The van der Waals surface area contributed by atoms with Crippen LogP contribution < -0.4 is 5.73 Å². The number of hydrogen-bond donors (Lipinski definition) is 2. The van der Waals surface area contributed by atoms with Gasteiger partial charge in [0.2, 0.25) is 0 Å². The predicted octanol–water partition coefficient (Wildman–Crippen LogP) is 0.0820. The van der Waals surface area contributed by atoms with Crippen LogP contribution in [0.3, 0.4) is 0 Å². The van der Waals surface area contributed by atoms with Crippen molar-refractivity contribution in [2.45, 2.75) is 11.5 Å². The summed E-state index contributed by atoms with van der Waals surface area (Å²) in [5, 5.41) is 11.8. The Bertz CT molecular complexity index is 470. The van der Waals surface area contributed by atoms with E-state index in [2.05, 4.69) is 16.2 Å². The van der Waals surface area contributed by atoms with Gasteiger partial charge in [-0.1, -0.05) is 11.2 Å². The summed E-state index contributed by atoms with van der Waals surface area (Å²) in [6.45, 7) is 2.47. The van der Waals surface area contributed by atoms with Gasteiger partial charge < -0.3 is 10.8 Å². The maximum absolute atomic E-state index is 11.4. The van der Waals surface area contributed by atoms with E-state index in [-0.39, 0.29) is 16.1 Å². The summed E-state index contributed by atoms with van der Waals surface area (Å²) in [5.41, 5.74) is 5.86. The summed E-state index contributed by atoms with van der Waals surface area (Å²) in [6.07, 6.45) is 0. The third kappa shape index (κ3) is 2.45. The van der Waals surface area contributed by atoms with E-state index < -0.39 is 16.7 Å². The van der Waals surface area contributed by atoms with Crippen molar-refractivity contribution < 1.29 is 17.8 Å². The number of benzene rings is 1. The third-order valence-electron chi connectivity index (χ3n) is 1.68. The van der Waals surface area contributed by atoms with Crippen LogP contribution in [0.4, 0.5) is 5.69 Å². The van der Waals surface area contributed by atoms with Crippen LogP contribution in [0, 0.1) is 0 Å². The van der Waals surface area contributed by atoms with Gasteiger partial charge in [0.05, 0.1) is 6.61 Å². The number of rotatable bonds is 4. The fraction of sp³-hybridized carbons (Fsp3) is 0.125. The zero-order valence-electron chi connectivity index (χ0n) is 7.75. The normalized spacial score (nSPS) is 11.0. The first kappa shape index (κ1) is 11.5. The van der Waals surface area contributed by atoms with E-state index in [0.29, 0.717) is 0 Å². The molecule has 0 atom stereocenters. The Morgan fingerprint density at radius 1 is 1.53 bits per heavy atom. The first-order valence-corrected chi connectivity index (χ1v) is 5.31. The van der Waals surface area contributed by atoms with Gasteiger partial charge in [-0.15, -0.1) is 0 Å². The molecule has 0 fully saturated rings. The molecule has 0 saturated heterocycles. The summed E-state index contributed by atoms with van der Waals surface area (Å²) in [4.78, 5) is -0.211. The lowest BCUT2D eigenvalue weighted by atomic mass is 10.2. The van der Waals surface area contributed by atoms with E-state index in [0.717, 1.165) is 0 Å². The fourth-order valence-electron chi connectivity index (χ4n) is 1.04. The Morgan fingerprint density at radius 2 is 2.20 bits per heavy atom. The van der Waals surface area contributed by atoms with Gasteiger partial charge in [0.25, 0.3) is 0 Å². The molecular formula is C8H10N2O4S. The number of hydrogen-bond acceptors (Lipinski definition) is 6. The Balaban J connectivity index is 3.34. The number of nitrogens with zero attached hydrogens (tertiary/aromatic N) is 1. The minimum absolute atomic E-state index is 0.188. The number of aliphatic hydroxyl groups is 1. The first-order chi connectivity index (χ1) is 7.01. The Morgan fingerprint density at radius 3 is 2.73 bits per heavy atom. The van der Waals surface area contributed by atoms with Gasteiger partial charge in [0, 0.05) is 12.4 Å². The second-order valence-electron chi connectivity index (χ2n) is 2.68. The minimum Gasteiger partial charge on any atom is -0.399 e. The molecule has 1 rings (SSSR count). The Labute approximate surface area is 87.1 Å². The van der Waals surface area contributed by atoms with Crippen LogP contribution >= 0.6 is 0 Å². The molecule has 3 N–H and O–H groups in total. The van der Waals surface area contributed by atoms with E-state index in [4.69, 9.17) is 10.8 Å². The molecule has 0 bridgehead atoms. The van der Waals surface area contributed by atoms with Gasteiger partial charge in [-0.2, -0.15) is 8.42 Å². The molecule has 15 heavy (non-hydrogen) atoms. The lowest BCUT2D eigenvalue weighted by Crippen LogP contribution is -2.07. The van der Waals surface area contributed by atoms with Crippen LogP contribution in [0.1, 0.15) is 5.56 Å². The number of aliphatic hydroxyl groups excluding tert-OH is 1. The van der Waals surface area contributed by atoms with Crippen LogP contribution in [-0.2, 0) is 21.0 Å². The van der Waals surface area contributed by atoms with Gasteiger partial charge >= 0.3 is 10.1 Å². The van der Waals surface area contributed by atoms with Crippen LogP contribution in [0.2, 0.25) is 0 Å². The van der Waals surface area contributed by atoms with Crippen molar-refractivity contribution in [3.05, 3.63) is 23.8 Å². The van der Waals surface area contributed by atoms with Crippen molar-refractivity contribution in [3.8, 4) is 0 Å². The molecule has 0 saturated carbocycles. The summed E-state index contributed by atoms with van der Waals surface area (Å²) in [5.74, 6) is 0. The highest BCUT2D eigenvalue weighted by molar-refractivity contribution is 7.86. The van der Waals surface area contributed by atoms with E-state index in [1.54, 1.807) is 0 Å². The first-order valence-electron chi connectivity index (χ1n) is 3.90. The standard InChI is InChI=1S/C8H10N2O4S/c1-10-14-15(12,13)8-4-7(9)3-2-6(8)5-11/h2-4,11H,1,5,9H2. The second kappa shape index (κ2) is 4.28. The number of nitrogen functional groups attached to an aromatic ring is 1. The molecule has 0 aromatic heterocycles. The topological polar surface area (TPSA) is 102 Å². The Hall–Kier alpha value is -1.60. The SMILES string of the molecule is C=NOS(=O)(=O)c1cc(N)ccc1CO. The molecule has 0 spiro atoms. The molecule has 0 aliphatic heterocycles. The molecule has 0 heterocycles. The lowest BCUT2D eigenvalue weighted by molar-refractivity contribution is 0.276. The average Bonchev–Trinajstić information content (AvgIpc) is 2.17.